The first kappa shape index (κ1) is 34.4. The van der Waals surface area contributed by atoms with Crippen LogP contribution in [0.3, 0.4) is 0 Å². The molecule has 1 aliphatic carbocycles. The van der Waals surface area contributed by atoms with Gasteiger partial charge in [0.2, 0.25) is 0 Å². The molecule has 3 heteroatoms. The molecule has 0 aromatic heterocycles. The van der Waals surface area contributed by atoms with Gasteiger partial charge in [0.15, 0.2) is 11.5 Å². The van der Waals surface area contributed by atoms with E-state index in [-0.39, 0.29) is 10.8 Å². The van der Waals surface area contributed by atoms with Crippen molar-refractivity contribution in [2.75, 3.05) is 9.80 Å². The van der Waals surface area contributed by atoms with E-state index in [2.05, 4.69) is 220 Å². The average molecular weight is 749 g/mol. The number of para-hydroxylation sites is 2. The molecule has 3 nitrogen and oxygen atoms in total. The predicted molar refractivity (Wildman–Crippen MR) is 241 cm³/mol. The number of aryl methyl sites for hydroxylation is 1. The summed E-state index contributed by atoms with van der Waals surface area (Å²) in [4.78, 5) is 4.85. The van der Waals surface area contributed by atoms with Gasteiger partial charge >= 0.3 is 0 Å². The van der Waals surface area contributed by atoms with Gasteiger partial charge in [0, 0.05) is 27.9 Å². The SMILES string of the molecule is Cc1cccc2c1N1c3cc(-c4ccc(N(c5ccc(-c6ccccc6)cc5)c5ccc6c(c5)C(C)(C)c5ccccc5-6)cc4)ccc3C(C)(C)c3cccc(c31)O2. The third-order valence-electron chi connectivity index (χ3n) is 13.0. The lowest BCUT2D eigenvalue weighted by molar-refractivity contribution is 0.471. The van der Waals surface area contributed by atoms with Crippen molar-refractivity contribution in [3.8, 4) is 44.9 Å². The Hall–Kier alpha value is -6.84. The first-order valence-electron chi connectivity index (χ1n) is 20.3. The van der Waals surface area contributed by atoms with E-state index in [1.807, 2.05) is 0 Å². The predicted octanol–water partition coefficient (Wildman–Crippen LogP) is 15.3. The molecule has 0 unspecified atom stereocenters. The standard InChI is InChI=1S/C55H44N2O/c1-35-13-11-19-50-52(35)57-49-33-39(25-32-46(49)55(4,5)47-18-12-20-51(58-50)53(47)57)38-23-28-41(29-24-38)56(40-26-21-37(22-27-40)36-14-7-6-8-15-36)42-30-31-44-43-16-9-10-17-45(43)54(2,3)48(44)34-42/h6-34H,1-5H3. The number of nitrogens with zero attached hydrogens (tertiary/aromatic N) is 2. The quantitative estimate of drug-likeness (QED) is 0.174. The molecule has 8 aromatic rings. The molecule has 0 bridgehead atoms. The van der Waals surface area contributed by atoms with Crippen LogP contribution in [0, 0.1) is 6.92 Å². The van der Waals surface area contributed by atoms with Crippen LogP contribution in [0.1, 0.15) is 55.5 Å². The molecule has 0 spiro atoms. The molecule has 58 heavy (non-hydrogen) atoms. The fourth-order valence-electron chi connectivity index (χ4n) is 9.90. The molecule has 8 aromatic carbocycles. The summed E-state index contributed by atoms with van der Waals surface area (Å²) >= 11 is 0. The Morgan fingerprint density at radius 3 is 1.71 bits per heavy atom. The molecule has 0 saturated heterocycles. The number of benzene rings is 8. The van der Waals surface area contributed by atoms with Crippen molar-refractivity contribution >= 4 is 34.1 Å². The number of anilines is 6. The molecule has 3 aliphatic rings. The van der Waals surface area contributed by atoms with Gasteiger partial charge < -0.3 is 14.5 Å². The van der Waals surface area contributed by atoms with E-state index < -0.39 is 0 Å². The molecule has 0 fully saturated rings. The molecule has 11 rings (SSSR count). The Labute approximate surface area is 341 Å². The highest BCUT2D eigenvalue weighted by atomic mass is 16.5. The van der Waals surface area contributed by atoms with Crippen LogP contribution in [0.15, 0.2) is 176 Å². The van der Waals surface area contributed by atoms with Crippen LogP contribution >= 0.6 is 0 Å². The molecule has 0 radical (unpaired) electrons. The number of fused-ring (bicyclic) bond motifs is 7. The highest BCUT2D eigenvalue weighted by molar-refractivity contribution is 5.95. The van der Waals surface area contributed by atoms with Gasteiger partial charge in [0.05, 0.1) is 17.1 Å². The van der Waals surface area contributed by atoms with Crippen molar-refractivity contribution in [2.24, 2.45) is 0 Å². The summed E-state index contributed by atoms with van der Waals surface area (Å²) in [6.45, 7) is 11.6. The molecule has 2 heterocycles. The number of ether oxygens (including phenoxy) is 1. The maximum atomic E-state index is 6.57. The smallest absolute Gasteiger partial charge is 0.151 e. The maximum Gasteiger partial charge on any atom is 0.151 e. The van der Waals surface area contributed by atoms with Gasteiger partial charge in [0.1, 0.15) is 0 Å². The molecule has 0 amide bonds. The second kappa shape index (κ2) is 12.6. The van der Waals surface area contributed by atoms with Gasteiger partial charge in [-0.15, -0.1) is 0 Å². The van der Waals surface area contributed by atoms with Gasteiger partial charge in [-0.05, 0) is 123 Å². The lowest BCUT2D eigenvalue weighted by Crippen LogP contribution is -2.32. The molecule has 2 aliphatic heterocycles. The van der Waals surface area contributed by atoms with Crippen molar-refractivity contribution in [3.05, 3.63) is 204 Å². The first-order valence-corrected chi connectivity index (χ1v) is 20.3. The summed E-state index contributed by atoms with van der Waals surface area (Å²) in [6.07, 6.45) is 0. The summed E-state index contributed by atoms with van der Waals surface area (Å²) in [5, 5.41) is 0. The third-order valence-corrected chi connectivity index (χ3v) is 13.0. The lowest BCUT2D eigenvalue weighted by atomic mass is 9.72. The summed E-state index contributed by atoms with van der Waals surface area (Å²) in [7, 11) is 0. The summed E-state index contributed by atoms with van der Waals surface area (Å²) in [5.74, 6) is 1.79. The van der Waals surface area contributed by atoms with E-state index in [9.17, 15) is 0 Å². The Morgan fingerprint density at radius 1 is 0.414 bits per heavy atom. The van der Waals surface area contributed by atoms with Crippen molar-refractivity contribution < 1.29 is 4.74 Å². The lowest BCUT2D eigenvalue weighted by Gasteiger charge is -2.45. The van der Waals surface area contributed by atoms with Gasteiger partial charge in [-0.1, -0.05) is 149 Å². The second-order valence-electron chi connectivity index (χ2n) is 17.1. The maximum absolute atomic E-state index is 6.57. The molecule has 0 saturated carbocycles. The number of hydrogen-bond donors (Lipinski definition) is 0. The Bertz CT molecular complexity index is 2920. The average Bonchev–Trinajstić information content (AvgIpc) is 3.48. The van der Waals surface area contributed by atoms with Crippen molar-refractivity contribution in [1.29, 1.82) is 0 Å². The Balaban J connectivity index is 1.02. The van der Waals surface area contributed by atoms with Crippen LogP contribution in [0.4, 0.5) is 34.1 Å². The van der Waals surface area contributed by atoms with Crippen LogP contribution in [0.25, 0.3) is 33.4 Å². The van der Waals surface area contributed by atoms with Crippen LogP contribution in [-0.4, -0.2) is 0 Å². The summed E-state index contributed by atoms with van der Waals surface area (Å²) in [5.41, 5.74) is 20.5. The van der Waals surface area contributed by atoms with Gasteiger partial charge in [0.25, 0.3) is 0 Å². The highest BCUT2D eigenvalue weighted by Crippen LogP contribution is 2.61. The van der Waals surface area contributed by atoms with Crippen molar-refractivity contribution in [2.45, 2.75) is 45.4 Å². The zero-order valence-corrected chi connectivity index (χ0v) is 33.5. The zero-order valence-electron chi connectivity index (χ0n) is 33.5. The van der Waals surface area contributed by atoms with Gasteiger partial charge in [-0.25, -0.2) is 0 Å². The van der Waals surface area contributed by atoms with E-state index in [0.717, 1.165) is 39.9 Å². The second-order valence-corrected chi connectivity index (χ2v) is 17.1. The van der Waals surface area contributed by atoms with Crippen molar-refractivity contribution in [3.63, 3.8) is 0 Å². The fraction of sp³-hybridized carbons (Fsp3) is 0.127. The van der Waals surface area contributed by atoms with Gasteiger partial charge in [-0.2, -0.15) is 0 Å². The van der Waals surface area contributed by atoms with E-state index >= 15 is 0 Å². The van der Waals surface area contributed by atoms with E-state index in [1.54, 1.807) is 0 Å². The zero-order chi connectivity index (χ0) is 39.3. The minimum atomic E-state index is -0.203. The molecular weight excluding hydrogens is 705 g/mol. The van der Waals surface area contributed by atoms with Crippen LogP contribution in [-0.2, 0) is 10.8 Å². The largest absolute Gasteiger partial charge is 0.453 e. The van der Waals surface area contributed by atoms with E-state index in [1.165, 1.54) is 66.9 Å². The normalized spacial score (nSPS) is 14.7. The Morgan fingerprint density at radius 2 is 0.966 bits per heavy atom. The highest BCUT2D eigenvalue weighted by Gasteiger charge is 2.42. The summed E-state index contributed by atoms with van der Waals surface area (Å²) < 4.78 is 6.57. The van der Waals surface area contributed by atoms with Crippen molar-refractivity contribution in [1.82, 2.24) is 0 Å². The van der Waals surface area contributed by atoms with E-state index in [0.29, 0.717) is 0 Å². The molecule has 0 atom stereocenters. The minimum absolute atomic E-state index is 0.101. The van der Waals surface area contributed by atoms with Crippen LogP contribution < -0.4 is 14.5 Å². The molecule has 0 N–H and O–H groups in total. The topological polar surface area (TPSA) is 15.7 Å². The molecular formula is C55H44N2O. The fourth-order valence-corrected chi connectivity index (χ4v) is 9.90. The number of hydrogen-bond acceptors (Lipinski definition) is 3. The monoisotopic (exact) mass is 748 g/mol. The van der Waals surface area contributed by atoms with Gasteiger partial charge in [-0.3, -0.25) is 0 Å². The number of rotatable bonds is 5. The molecule has 280 valence electrons. The van der Waals surface area contributed by atoms with Crippen LogP contribution in [0.2, 0.25) is 0 Å². The Kier molecular flexibility index (Phi) is 7.46. The van der Waals surface area contributed by atoms with E-state index in [4.69, 9.17) is 4.74 Å². The summed E-state index contributed by atoms with van der Waals surface area (Å²) in [6, 6.07) is 64.4. The van der Waals surface area contributed by atoms with Crippen LogP contribution in [0.5, 0.6) is 11.5 Å². The third kappa shape index (κ3) is 5.06. The first-order chi connectivity index (χ1) is 28.2. The minimum Gasteiger partial charge on any atom is -0.453 e.